The summed E-state index contributed by atoms with van der Waals surface area (Å²) in [4.78, 5) is 13.1. The highest BCUT2D eigenvalue weighted by molar-refractivity contribution is 5.69. The third-order valence-electron chi connectivity index (χ3n) is 13.7. The Morgan fingerprint density at radius 3 is 1.33 bits per heavy atom. The van der Waals surface area contributed by atoms with Crippen molar-refractivity contribution in [1.82, 2.24) is 0 Å². The van der Waals surface area contributed by atoms with Crippen molar-refractivity contribution in [2.45, 2.75) is 274 Å². The van der Waals surface area contributed by atoms with Gasteiger partial charge in [-0.1, -0.05) is 209 Å². The predicted molar refractivity (Wildman–Crippen MR) is 298 cm³/mol. The van der Waals surface area contributed by atoms with E-state index in [2.05, 4.69) is 86.8 Å². The molecule has 0 aliphatic carbocycles. The number of hydrogen-bond donors (Lipinski definition) is 7. The molecule has 2 fully saturated rings. The van der Waals surface area contributed by atoms with Crippen LogP contribution in [0, 0.1) is 0 Å². The molecule has 0 amide bonds. The second-order valence-corrected chi connectivity index (χ2v) is 20.4. The number of hydrogen-bond acceptors (Lipinski definition) is 14. The van der Waals surface area contributed by atoms with Gasteiger partial charge < -0.3 is 64.2 Å². The molecular formula is C61H106O14. The fourth-order valence-electron chi connectivity index (χ4n) is 9.00. The monoisotopic (exact) mass is 1060 g/mol. The molecule has 7 N–H and O–H groups in total. The van der Waals surface area contributed by atoms with Crippen LogP contribution in [0.25, 0.3) is 0 Å². The minimum atomic E-state index is -1.72. The lowest BCUT2D eigenvalue weighted by atomic mass is 9.98. The fraction of sp³-hybridized carbons (Fsp3) is 0.787. The molecule has 11 atom stereocenters. The number of aliphatic hydroxyl groups is 7. The molecule has 2 rings (SSSR count). The van der Waals surface area contributed by atoms with Crippen molar-refractivity contribution in [2.75, 3.05) is 33.0 Å². The zero-order valence-corrected chi connectivity index (χ0v) is 46.5. The first-order chi connectivity index (χ1) is 36.6. The molecule has 0 aromatic heterocycles. The van der Waals surface area contributed by atoms with E-state index >= 15 is 0 Å². The van der Waals surface area contributed by atoms with E-state index in [9.17, 15) is 40.5 Å². The van der Waals surface area contributed by atoms with E-state index in [0.717, 1.165) is 70.6 Å². The van der Waals surface area contributed by atoms with Crippen molar-refractivity contribution in [1.29, 1.82) is 0 Å². The summed E-state index contributed by atoms with van der Waals surface area (Å²) in [7, 11) is 0. The summed E-state index contributed by atoms with van der Waals surface area (Å²) in [6, 6.07) is 0. The maximum Gasteiger partial charge on any atom is 0.306 e. The number of unbranched alkanes of at least 4 members (excludes halogenated alkanes) is 21. The summed E-state index contributed by atoms with van der Waals surface area (Å²) in [5.74, 6) is -0.417. The van der Waals surface area contributed by atoms with Crippen LogP contribution in [0.2, 0.25) is 0 Å². The van der Waals surface area contributed by atoms with E-state index < -0.39 is 86.7 Å². The molecule has 0 spiro atoms. The summed E-state index contributed by atoms with van der Waals surface area (Å²) in [5.41, 5.74) is 0. The van der Waals surface area contributed by atoms with Gasteiger partial charge in [-0.3, -0.25) is 4.79 Å². The van der Waals surface area contributed by atoms with Crippen molar-refractivity contribution in [2.24, 2.45) is 0 Å². The Morgan fingerprint density at radius 2 is 0.867 bits per heavy atom. The zero-order chi connectivity index (χ0) is 54.4. The number of carbonyl (C=O) groups is 1. The molecule has 14 nitrogen and oxygen atoms in total. The van der Waals surface area contributed by atoms with Crippen molar-refractivity contribution in [3.8, 4) is 0 Å². The van der Waals surface area contributed by atoms with Crippen LogP contribution in [0.3, 0.4) is 0 Å². The maximum absolute atomic E-state index is 13.1. The standard InChI is InChI=1S/C61H106O14/c1-3-5-7-9-11-13-15-17-19-21-23-25-26-28-30-32-34-36-38-40-42-44-53(63)73-50(47-70-45-43-41-39-37-35-33-31-29-27-24-22-20-18-16-14-12-10-8-6-4-2)48-71-60-59(69)57(67)55(65)52(75-60)49-72-61-58(68)56(66)54(64)51(46-62)74-61/h5,7,11,13,17,19,23,25,28,30,34,36,50-52,54-62,64-69H,3-4,6,8-10,12,14-16,18,20-22,24,26-27,29,31-33,35,37-49H2,1-2H3/b7-5-,13-11-,19-17-,25-23-,30-28-,36-34-. The molecule has 0 aromatic carbocycles. The lowest BCUT2D eigenvalue weighted by Gasteiger charge is -2.42. The van der Waals surface area contributed by atoms with Gasteiger partial charge in [0.1, 0.15) is 54.9 Å². The highest BCUT2D eigenvalue weighted by atomic mass is 16.7. The highest BCUT2D eigenvalue weighted by Crippen LogP contribution is 2.27. The molecule has 75 heavy (non-hydrogen) atoms. The minimum Gasteiger partial charge on any atom is -0.457 e. The normalized spacial score (nSPS) is 25.1. The van der Waals surface area contributed by atoms with E-state index in [1.54, 1.807) is 0 Å². The second kappa shape index (κ2) is 47.4. The van der Waals surface area contributed by atoms with Gasteiger partial charge in [-0.05, 0) is 64.2 Å². The summed E-state index contributed by atoms with van der Waals surface area (Å²) in [6.07, 6.45) is 43.9. The predicted octanol–water partition coefficient (Wildman–Crippen LogP) is 10.6. The average Bonchev–Trinajstić information content (AvgIpc) is 3.41. The van der Waals surface area contributed by atoms with Crippen molar-refractivity contribution >= 4 is 5.97 Å². The number of allylic oxidation sites excluding steroid dienone is 12. The Labute approximate surface area is 453 Å². The van der Waals surface area contributed by atoms with Crippen molar-refractivity contribution < 1.29 is 69.0 Å². The SMILES string of the molecule is CC/C=C\C/C=C\C/C=C\C/C=C\C/C=C\C/C=C\CCCCC(=O)OC(COCCCCCCCCCCCCCCCCCCCCCC)COC1OC(COC2OC(CO)C(O)C(O)C2O)C(O)C(O)C1O. The smallest absolute Gasteiger partial charge is 0.306 e. The molecular weight excluding hydrogens is 957 g/mol. The molecule has 11 unspecified atom stereocenters. The van der Waals surface area contributed by atoms with Crippen LogP contribution in [-0.4, -0.2) is 142 Å². The summed E-state index contributed by atoms with van der Waals surface area (Å²) >= 11 is 0. The van der Waals surface area contributed by atoms with Crippen LogP contribution < -0.4 is 0 Å². The molecule has 0 saturated carbocycles. The van der Waals surface area contributed by atoms with Crippen LogP contribution in [-0.2, 0) is 33.2 Å². The fourth-order valence-corrected chi connectivity index (χ4v) is 9.00. The van der Waals surface area contributed by atoms with Crippen molar-refractivity contribution in [3.05, 3.63) is 72.9 Å². The first-order valence-corrected chi connectivity index (χ1v) is 29.5. The second-order valence-electron chi connectivity index (χ2n) is 20.4. The van der Waals surface area contributed by atoms with Gasteiger partial charge in [-0.15, -0.1) is 0 Å². The van der Waals surface area contributed by atoms with Gasteiger partial charge in [0, 0.05) is 13.0 Å². The highest BCUT2D eigenvalue weighted by Gasteiger charge is 2.47. The Hall–Kier alpha value is -2.57. The van der Waals surface area contributed by atoms with Gasteiger partial charge in [-0.2, -0.15) is 0 Å². The van der Waals surface area contributed by atoms with Gasteiger partial charge in [0.05, 0.1) is 26.4 Å². The molecule has 2 aliphatic heterocycles. The van der Waals surface area contributed by atoms with Gasteiger partial charge in [0.25, 0.3) is 0 Å². The molecule has 2 saturated heterocycles. The van der Waals surface area contributed by atoms with Gasteiger partial charge in [0.2, 0.25) is 0 Å². The summed E-state index contributed by atoms with van der Waals surface area (Å²) in [5, 5.41) is 72.4. The van der Waals surface area contributed by atoms with Crippen LogP contribution in [0.1, 0.15) is 206 Å². The zero-order valence-electron chi connectivity index (χ0n) is 46.5. The van der Waals surface area contributed by atoms with E-state index in [1.807, 2.05) is 0 Å². The Bertz CT molecular complexity index is 1510. The van der Waals surface area contributed by atoms with Crippen LogP contribution >= 0.6 is 0 Å². The number of carbonyl (C=O) groups excluding carboxylic acids is 1. The summed E-state index contributed by atoms with van der Waals surface area (Å²) in [6.45, 7) is 3.54. The molecule has 0 aromatic rings. The van der Waals surface area contributed by atoms with E-state index in [4.69, 9.17) is 28.4 Å². The lowest BCUT2D eigenvalue weighted by Crippen LogP contribution is -2.61. The molecule has 2 aliphatic rings. The van der Waals surface area contributed by atoms with Crippen molar-refractivity contribution in [3.63, 3.8) is 0 Å². The van der Waals surface area contributed by atoms with Crippen LogP contribution in [0.5, 0.6) is 0 Å². The first-order valence-electron chi connectivity index (χ1n) is 29.5. The van der Waals surface area contributed by atoms with Gasteiger partial charge in [0.15, 0.2) is 12.6 Å². The number of ether oxygens (including phenoxy) is 6. The van der Waals surface area contributed by atoms with Crippen LogP contribution in [0.15, 0.2) is 72.9 Å². The summed E-state index contributed by atoms with van der Waals surface area (Å²) < 4.78 is 34.4. The molecule has 14 heteroatoms. The number of esters is 1. The van der Waals surface area contributed by atoms with Crippen LogP contribution in [0.4, 0.5) is 0 Å². The third-order valence-corrected chi connectivity index (χ3v) is 13.7. The molecule has 434 valence electrons. The van der Waals surface area contributed by atoms with E-state index in [1.165, 1.54) is 109 Å². The third kappa shape index (κ3) is 34.1. The minimum absolute atomic E-state index is 0.0427. The quantitative estimate of drug-likeness (QED) is 0.0172. The Morgan fingerprint density at radius 1 is 0.453 bits per heavy atom. The Balaban J connectivity index is 1.74. The lowest BCUT2D eigenvalue weighted by molar-refractivity contribution is -0.332. The topological polar surface area (TPSA) is 214 Å². The first kappa shape index (κ1) is 68.5. The maximum atomic E-state index is 13.1. The largest absolute Gasteiger partial charge is 0.457 e. The molecule has 0 radical (unpaired) electrons. The average molecular weight is 1060 g/mol. The Kier molecular flexibility index (Phi) is 43.3. The van der Waals surface area contributed by atoms with Gasteiger partial charge >= 0.3 is 5.97 Å². The van der Waals surface area contributed by atoms with Gasteiger partial charge in [-0.25, -0.2) is 0 Å². The molecule has 2 heterocycles. The van der Waals surface area contributed by atoms with E-state index in [0.29, 0.717) is 13.0 Å². The molecule has 0 bridgehead atoms. The number of rotatable bonds is 47. The van der Waals surface area contributed by atoms with E-state index in [-0.39, 0.29) is 19.6 Å². The number of aliphatic hydroxyl groups excluding tert-OH is 7.